The van der Waals surface area contributed by atoms with Gasteiger partial charge in [0.05, 0.1) is 36.7 Å². The van der Waals surface area contributed by atoms with Crippen molar-refractivity contribution in [3.05, 3.63) is 71.5 Å². The third-order valence-electron chi connectivity index (χ3n) is 6.73. The van der Waals surface area contributed by atoms with Crippen molar-refractivity contribution in [2.45, 2.75) is 24.6 Å². The van der Waals surface area contributed by atoms with Crippen LogP contribution < -0.4 is 14.8 Å². The van der Waals surface area contributed by atoms with Crippen LogP contribution in [0.3, 0.4) is 0 Å². The number of nitrogens with zero attached hydrogens (tertiary/aromatic N) is 2. The molecule has 1 aromatic heterocycles. The van der Waals surface area contributed by atoms with Crippen molar-refractivity contribution in [3.8, 4) is 17.2 Å². The molecule has 0 aliphatic carbocycles. The van der Waals surface area contributed by atoms with E-state index in [1.54, 1.807) is 12.0 Å². The lowest BCUT2D eigenvalue weighted by atomic mass is 9.82. The van der Waals surface area contributed by atoms with Crippen LogP contribution in [-0.4, -0.2) is 42.7 Å². The van der Waals surface area contributed by atoms with Crippen molar-refractivity contribution < 1.29 is 27.4 Å². The number of halogens is 3. The monoisotopic (exact) mass is 471 g/mol. The topological polar surface area (TPSA) is 55.7 Å². The molecule has 6 nitrogen and oxygen atoms in total. The molecule has 178 valence electrons. The Morgan fingerprint density at radius 2 is 1.79 bits per heavy atom. The standard InChI is InChI=1S/C25H24F3N3O3/c1-33-17-6-7-20-19(15-17)29-24(22-4-3-11-31(20)22)9-12-30(13-10-24)23(32)16-5-8-21(34-2)18(14-16)25(26,27)28/h3-8,11,14-15,29H,9-10,12-13H2,1-2H3. The predicted molar refractivity (Wildman–Crippen MR) is 121 cm³/mol. The van der Waals surface area contributed by atoms with Gasteiger partial charge in [0.1, 0.15) is 11.5 Å². The van der Waals surface area contributed by atoms with Gasteiger partial charge in [-0.05, 0) is 55.3 Å². The molecular formula is C25H24F3N3O3. The summed E-state index contributed by atoms with van der Waals surface area (Å²) in [5.41, 5.74) is 1.71. The minimum atomic E-state index is -4.61. The zero-order valence-electron chi connectivity index (χ0n) is 18.8. The maximum atomic E-state index is 13.4. The van der Waals surface area contributed by atoms with Crippen LogP contribution in [0.1, 0.15) is 34.5 Å². The van der Waals surface area contributed by atoms with Gasteiger partial charge in [-0.2, -0.15) is 13.2 Å². The van der Waals surface area contributed by atoms with Gasteiger partial charge in [0.2, 0.25) is 0 Å². The summed E-state index contributed by atoms with van der Waals surface area (Å²) >= 11 is 0. The SMILES string of the molecule is COc1ccc2c(c1)NC1(CCN(C(=O)c3ccc(OC)c(C(F)(F)F)c3)CC1)c1cccn1-2. The van der Waals surface area contributed by atoms with Crippen LogP contribution >= 0.6 is 0 Å². The molecule has 1 amide bonds. The Morgan fingerprint density at radius 1 is 1.03 bits per heavy atom. The molecule has 0 atom stereocenters. The Bertz CT molecular complexity index is 1240. The number of anilines is 1. The molecule has 3 heterocycles. The fourth-order valence-corrected chi connectivity index (χ4v) is 4.97. The Labute approximate surface area is 194 Å². The zero-order chi connectivity index (χ0) is 24.1. The van der Waals surface area contributed by atoms with E-state index in [2.05, 4.69) is 16.0 Å². The molecule has 2 aromatic carbocycles. The number of fused-ring (bicyclic) bond motifs is 4. The number of carbonyl (C=O) groups is 1. The lowest BCUT2D eigenvalue weighted by molar-refractivity contribution is -0.138. The van der Waals surface area contributed by atoms with E-state index in [0.717, 1.165) is 28.9 Å². The van der Waals surface area contributed by atoms with Gasteiger partial charge in [0, 0.05) is 36.6 Å². The van der Waals surface area contributed by atoms with Crippen molar-refractivity contribution in [3.63, 3.8) is 0 Å². The van der Waals surface area contributed by atoms with Gasteiger partial charge in [-0.25, -0.2) is 0 Å². The molecule has 34 heavy (non-hydrogen) atoms. The van der Waals surface area contributed by atoms with E-state index in [4.69, 9.17) is 9.47 Å². The first-order chi connectivity index (χ1) is 16.3. The van der Waals surface area contributed by atoms with Crippen LogP contribution in [0.2, 0.25) is 0 Å². The van der Waals surface area contributed by atoms with E-state index in [0.29, 0.717) is 25.9 Å². The number of nitrogens with one attached hydrogen (secondary N) is 1. The van der Waals surface area contributed by atoms with Gasteiger partial charge in [0.15, 0.2) is 0 Å². The van der Waals surface area contributed by atoms with Crippen LogP contribution in [-0.2, 0) is 11.7 Å². The Morgan fingerprint density at radius 3 is 2.47 bits per heavy atom. The van der Waals surface area contributed by atoms with Crippen LogP contribution in [0.15, 0.2) is 54.7 Å². The molecule has 1 fully saturated rings. The Kier molecular flexibility index (Phi) is 5.22. The number of carbonyl (C=O) groups excluding carboxylic acids is 1. The van der Waals surface area contributed by atoms with Crippen LogP contribution in [0, 0.1) is 0 Å². The van der Waals surface area contributed by atoms with Crippen molar-refractivity contribution in [1.82, 2.24) is 9.47 Å². The van der Waals surface area contributed by atoms with Crippen molar-refractivity contribution >= 4 is 11.6 Å². The zero-order valence-corrected chi connectivity index (χ0v) is 18.8. The summed E-state index contributed by atoms with van der Waals surface area (Å²) in [5.74, 6) is 0.0174. The average molecular weight is 471 g/mol. The van der Waals surface area contributed by atoms with Crippen molar-refractivity contribution in [2.75, 3.05) is 32.6 Å². The smallest absolute Gasteiger partial charge is 0.419 e. The number of piperidine rings is 1. The van der Waals surface area contributed by atoms with Crippen molar-refractivity contribution in [2.24, 2.45) is 0 Å². The molecule has 0 radical (unpaired) electrons. The molecule has 1 N–H and O–H groups in total. The highest BCUT2D eigenvalue weighted by Gasteiger charge is 2.43. The molecule has 2 aliphatic rings. The van der Waals surface area contributed by atoms with Gasteiger partial charge in [-0.3, -0.25) is 4.79 Å². The van der Waals surface area contributed by atoms with E-state index in [9.17, 15) is 18.0 Å². The largest absolute Gasteiger partial charge is 0.497 e. The molecule has 5 rings (SSSR count). The van der Waals surface area contributed by atoms with E-state index in [-0.39, 0.29) is 11.3 Å². The maximum Gasteiger partial charge on any atom is 0.419 e. The quantitative estimate of drug-likeness (QED) is 0.580. The van der Waals surface area contributed by atoms with E-state index >= 15 is 0 Å². The number of aromatic nitrogens is 1. The van der Waals surface area contributed by atoms with E-state index in [1.807, 2.05) is 30.5 Å². The van der Waals surface area contributed by atoms with E-state index < -0.39 is 23.2 Å². The number of rotatable bonds is 3. The van der Waals surface area contributed by atoms with Gasteiger partial charge in [0.25, 0.3) is 5.91 Å². The molecule has 2 aliphatic heterocycles. The van der Waals surface area contributed by atoms with Gasteiger partial charge < -0.3 is 24.3 Å². The molecule has 9 heteroatoms. The Hall–Kier alpha value is -3.62. The lowest BCUT2D eigenvalue weighted by Crippen LogP contribution is -2.51. The molecule has 3 aromatic rings. The normalized spacial score (nSPS) is 16.4. The second kappa shape index (κ2) is 8.00. The number of amides is 1. The summed E-state index contributed by atoms with van der Waals surface area (Å²) in [4.78, 5) is 14.7. The summed E-state index contributed by atoms with van der Waals surface area (Å²) in [7, 11) is 2.80. The summed E-state index contributed by atoms with van der Waals surface area (Å²) in [6.07, 6.45) is -1.38. The highest BCUT2D eigenvalue weighted by molar-refractivity contribution is 5.94. The summed E-state index contributed by atoms with van der Waals surface area (Å²) in [5, 5.41) is 3.67. The second-order valence-electron chi connectivity index (χ2n) is 8.56. The van der Waals surface area contributed by atoms with Gasteiger partial charge in [-0.1, -0.05) is 0 Å². The summed E-state index contributed by atoms with van der Waals surface area (Å²) in [6.45, 7) is 0.813. The minimum absolute atomic E-state index is 0.000800. The first-order valence-corrected chi connectivity index (χ1v) is 10.9. The second-order valence-corrected chi connectivity index (χ2v) is 8.56. The maximum absolute atomic E-state index is 13.4. The first kappa shape index (κ1) is 22.2. The number of methoxy groups -OCH3 is 2. The number of alkyl halides is 3. The number of ether oxygens (including phenoxy) is 2. The lowest BCUT2D eigenvalue weighted by Gasteiger charge is -2.46. The first-order valence-electron chi connectivity index (χ1n) is 10.9. The Balaban J connectivity index is 1.39. The van der Waals surface area contributed by atoms with E-state index in [1.165, 1.54) is 19.2 Å². The molecule has 0 unspecified atom stereocenters. The molecule has 0 bridgehead atoms. The average Bonchev–Trinajstić information content (AvgIpc) is 3.34. The van der Waals surface area contributed by atoms with Crippen LogP contribution in [0.4, 0.5) is 18.9 Å². The fraction of sp³-hybridized carbons (Fsp3) is 0.320. The van der Waals surface area contributed by atoms with Gasteiger partial charge >= 0.3 is 6.18 Å². The third-order valence-corrected chi connectivity index (χ3v) is 6.73. The molecule has 1 saturated heterocycles. The minimum Gasteiger partial charge on any atom is -0.497 e. The number of hydrogen-bond donors (Lipinski definition) is 1. The third kappa shape index (κ3) is 3.55. The van der Waals surface area contributed by atoms with Crippen LogP contribution in [0.5, 0.6) is 11.5 Å². The number of hydrogen-bond acceptors (Lipinski definition) is 4. The highest BCUT2D eigenvalue weighted by Crippen LogP contribution is 2.44. The molecule has 0 saturated carbocycles. The predicted octanol–water partition coefficient (Wildman–Crippen LogP) is 5.07. The fourth-order valence-electron chi connectivity index (χ4n) is 4.97. The molecular weight excluding hydrogens is 447 g/mol. The highest BCUT2D eigenvalue weighted by atomic mass is 19.4. The summed E-state index contributed by atoms with van der Waals surface area (Å²) < 4.78 is 52.6. The molecule has 1 spiro atoms. The van der Waals surface area contributed by atoms with Crippen LogP contribution in [0.25, 0.3) is 5.69 Å². The van der Waals surface area contributed by atoms with Crippen molar-refractivity contribution in [1.29, 1.82) is 0 Å². The number of likely N-dealkylation sites (tertiary alicyclic amines) is 1. The summed E-state index contributed by atoms with van der Waals surface area (Å²) in [6, 6.07) is 13.4. The number of benzene rings is 2. The van der Waals surface area contributed by atoms with Gasteiger partial charge in [-0.15, -0.1) is 0 Å².